The van der Waals surface area contributed by atoms with Crippen molar-refractivity contribution in [3.8, 4) is 0 Å². The van der Waals surface area contributed by atoms with Crippen LogP contribution in [0.15, 0.2) is 12.1 Å². The third kappa shape index (κ3) is 2.91. The summed E-state index contributed by atoms with van der Waals surface area (Å²) in [4.78, 5) is 13.6. The van der Waals surface area contributed by atoms with Crippen LogP contribution in [0, 0.1) is 22.9 Å². The van der Waals surface area contributed by atoms with Gasteiger partial charge in [0, 0.05) is 18.7 Å². The topological polar surface area (TPSA) is 20.3 Å². The largest absolute Gasteiger partial charge is 0.339 e. The zero-order valence-corrected chi connectivity index (χ0v) is 11.0. The number of amides is 1. The van der Waals surface area contributed by atoms with Crippen LogP contribution in [0.1, 0.15) is 37.0 Å². The molecule has 0 unspecified atom stereocenters. The predicted molar refractivity (Wildman–Crippen MR) is 65.2 cm³/mol. The minimum Gasteiger partial charge on any atom is -0.339 e. The molecule has 19 heavy (non-hydrogen) atoms. The Bertz CT molecular complexity index is 480. The summed E-state index contributed by atoms with van der Waals surface area (Å²) in [5.74, 6) is -4.66. The highest BCUT2D eigenvalue weighted by Gasteiger charge is 2.29. The summed E-state index contributed by atoms with van der Waals surface area (Å²) in [5, 5.41) is 0. The summed E-state index contributed by atoms with van der Waals surface area (Å²) in [7, 11) is 0. The maximum atomic E-state index is 13.1. The van der Waals surface area contributed by atoms with E-state index in [1.165, 1.54) is 0 Å². The minimum absolute atomic E-state index is 0.142. The van der Waals surface area contributed by atoms with Crippen LogP contribution in [0.4, 0.5) is 13.2 Å². The van der Waals surface area contributed by atoms with Gasteiger partial charge in [0.1, 0.15) is 0 Å². The molecule has 104 valence electrons. The summed E-state index contributed by atoms with van der Waals surface area (Å²) >= 11 is 0. The van der Waals surface area contributed by atoms with Crippen LogP contribution in [-0.2, 0) is 0 Å². The van der Waals surface area contributed by atoms with Gasteiger partial charge in [-0.15, -0.1) is 0 Å². The van der Waals surface area contributed by atoms with Gasteiger partial charge in [-0.3, -0.25) is 4.79 Å². The molecule has 0 bridgehead atoms. The number of carbonyl (C=O) groups excluding carboxylic acids is 1. The van der Waals surface area contributed by atoms with Crippen molar-refractivity contribution in [3.05, 3.63) is 35.1 Å². The van der Waals surface area contributed by atoms with E-state index in [1.54, 1.807) is 4.90 Å². The van der Waals surface area contributed by atoms with Crippen LogP contribution in [0.5, 0.6) is 0 Å². The average molecular weight is 271 g/mol. The van der Waals surface area contributed by atoms with E-state index < -0.39 is 23.4 Å². The first-order valence-corrected chi connectivity index (χ1v) is 6.24. The molecule has 5 heteroatoms. The van der Waals surface area contributed by atoms with Crippen molar-refractivity contribution >= 4 is 5.91 Å². The molecule has 2 rings (SSSR count). The lowest BCUT2D eigenvalue weighted by Crippen LogP contribution is -2.41. The van der Waals surface area contributed by atoms with Crippen molar-refractivity contribution < 1.29 is 18.0 Å². The number of nitrogens with zero attached hydrogens (tertiary/aromatic N) is 1. The Hall–Kier alpha value is -1.52. The molecular formula is C14H16F3NO. The van der Waals surface area contributed by atoms with Crippen LogP contribution in [0.25, 0.3) is 0 Å². The van der Waals surface area contributed by atoms with Crippen molar-refractivity contribution in [1.82, 2.24) is 4.90 Å². The molecule has 1 aliphatic rings. The molecule has 1 fully saturated rings. The molecule has 1 aromatic carbocycles. The van der Waals surface area contributed by atoms with Gasteiger partial charge < -0.3 is 4.90 Å². The summed E-state index contributed by atoms with van der Waals surface area (Å²) < 4.78 is 39.1. The van der Waals surface area contributed by atoms with Gasteiger partial charge in [-0.05, 0) is 30.4 Å². The van der Waals surface area contributed by atoms with Crippen molar-refractivity contribution in [2.24, 2.45) is 5.41 Å². The number of rotatable bonds is 1. The first-order chi connectivity index (χ1) is 8.80. The second kappa shape index (κ2) is 4.87. The van der Waals surface area contributed by atoms with Crippen molar-refractivity contribution in [3.63, 3.8) is 0 Å². The number of carbonyl (C=O) groups is 1. The fourth-order valence-electron chi connectivity index (χ4n) is 2.18. The predicted octanol–water partition coefficient (Wildman–Crippen LogP) is 3.37. The van der Waals surface area contributed by atoms with Crippen molar-refractivity contribution in [1.29, 1.82) is 0 Å². The van der Waals surface area contributed by atoms with Gasteiger partial charge in [0.15, 0.2) is 17.5 Å². The standard InChI is InChI=1S/C14H16F3NO/c1-14(2)3-5-18(6-4-14)13(19)9-7-10(15)12(17)11(16)8-9/h7-8H,3-6H2,1-2H3. The number of halogens is 3. The van der Waals surface area contributed by atoms with E-state index in [0.29, 0.717) is 13.1 Å². The second-order valence-corrected chi connectivity index (χ2v) is 5.71. The van der Waals surface area contributed by atoms with E-state index in [0.717, 1.165) is 25.0 Å². The highest BCUT2D eigenvalue weighted by molar-refractivity contribution is 5.94. The Morgan fingerprint density at radius 1 is 1.11 bits per heavy atom. The van der Waals surface area contributed by atoms with Crippen LogP contribution in [0.3, 0.4) is 0 Å². The third-order valence-electron chi connectivity index (χ3n) is 3.63. The van der Waals surface area contributed by atoms with E-state index in [-0.39, 0.29) is 11.0 Å². The Kier molecular flexibility index (Phi) is 3.56. The zero-order valence-electron chi connectivity index (χ0n) is 11.0. The SMILES string of the molecule is CC1(C)CCN(C(=O)c2cc(F)c(F)c(F)c2)CC1. The fourth-order valence-corrected chi connectivity index (χ4v) is 2.18. The van der Waals surface area contributed by atoms with Gasteiger partial charge in [-0.1, -0.05) is 13.8 Å². The van der Waals surface area contributed by atoms with Crippen LogP contribution in [0.2, 0.25) is 0 Å². The van der Waals surface area contributed by atoms with E-state index >= 15 is 0 Å². The molecule has 0 aromatic heterocycles. The third-order valence-corrected chi connectivity index (χ3v) is 3.63. The minimum atomic E-state index is -1.55. The van der Waals surface area contributed by atoms with Crippen molar-refractivity contribution in [2.75, 3.05) is 13.1 Å². The van der Waals surface area contributed by atoms with Crippen molar-refractivity contribution in [2.45, 2.75) is 26.7 Å². The van der Waals surface area contributed by atoms with Gasteiger partial charge in [0.25, 0.3) is 5.91 Å². The second-order valence-electron chi connectivity index (χ2n) is 5.71. The molecule has 1 aliphatic heterocycles. The Morgan fingerprint density at radius 2 is 1.58 bits per heavy atom. The Balaban J connectivity index is 2.17. The molecule has 0 saturated carbocycles. The Morgan fingerprint density at radius 3 is 2.05 bits per heavy atom. The van der Waals surface area contributed by atoms with E-state index in [1.807, 2.05) is 0 Å². The molecule has 0 aliphatic carbocycles. The monoisotopic (exact) mass is 271 g/mol. The quantitative estimate of drug-likeness (QED) is 0.717. The highest BCUT2D eigenvalue weighted by Crippen LogP contribution is 2.30. The number of benzene rings is 1. The van der Waals surface area contributed by atoms with Crippen LogP contribution in [-0.4, -0.2) is 23.9 Å². The molecule has 2 nitrogen and oxygen atoms in total. The molecule has 1 heterocycles. The molecule has 0 atom stereocenters. The number of likely N-dealkylation sites (tertiary alicyclic amines) is 1. The maximum Gasteiger partial charge on any atom is 0.254 e. The summed E-state index contributed by atoms with van der Waals surface area (Å²) in [6.45, 7) is 5.33. The van der Waals surface area contributed by atoms with E-state index in [2.05, 4.69) is 13.8 Å². The number of hydrogen-bond donors (Lipinski definition) is 0. The first kappa shape index (κ1) is 13.9. The number of piperidine rings is 1. The van der Waals surface area contributed by atoms with Gasteiger partial charge >= 0.3 is 0 Å². The molecule has 1 aromatic rings. The van der Waals surface area contributed by atoms with Crippen LogP contribution < -0.4 is 0 Å². The average Bonchev–Trinajstić information content (AvgIpc) is 2.34. The normalized spacial score (nSPS) is 18.5. The molecule has 1 amide bonds. The zero-order chi connectivity index (χ0) is 14.2. The van der Waals surface area contributed by atoms with Gasteiger partial charge in [-0.25, -0.2) is 13.2 Å². The molecule has 0 radical (unpaired) electrons. The fraction of sp³-hybridized carbons (Fsp3) is 0.500. The van der Waals surface area contributed by atoms with Gasteiger partial charge in [-0.2, -0.15) is 0 Å². The summed E-state index contributed by atoms with van der Waals surface area (Å²) in [6, 6.07) is 1.50. The van der Waals surface area contributed by atoms with Gasteiger partial charge in [0.05, 0.1) is 0 Å². The number of hydrogen-bond acceptors (Lipinski definition) is 1. The molecule has 0 spiro atoms. The molecular weight excluding hydrogens is 255 g/mol. The van der Waals surface area contributed by atoms with E-state index in [9.17, 15) is 18.0 Å². The van der Waals surface area contributed by atoms with Gasteiger partial charge in [0.2, 0.25) is 0 Å². The maximum absolute atomic E-state index is 13.1. The van der Waals surface area contributed by atoms with E-state index in [4.69, 9.17) is 0 Å². The summed E-state index contributed by atoms with van der Waals surface area (Å²) in [6.07, 6.45) is 1.68. The lowest BCUT2D eigenvalue weighted by molar-refractivity contribution is 0.0629. The molecule has 0 N–H and O–H groups in total. The highest BCUT2D eigenvalue weighted by atomic mass is 19.2. The van der Waals surface area contributed by atoms with Crippen LogP contribution >= 0.6 is 0 Å². The molecule has 1 saturated heterocycles. The first-order valence-electron chi connectivity index (χ1n) is 6.24. The smallest absolute Gasteiger partial charge is 0.254 e. The Labute approximate surface area is 110 Å². The lowest BCUT2D eigenvalue weighted by atomic mass is 9.82. The lowest BCUT2D eigenvalue weighted by Gasteiger charge is -2.36. The summed E-state index contributed by atoms with van der Waals surface area (Å²) in [5.41, 5.74) is 0.0342.